The molecule has 2 unspecified atom stereocenters. The fourth-order valence-corrected chi connectivity index (χ4v) is 4.83. The molecular weight excluding hydrogens is 358 g/mol. The molecule has 5 rings (SSSR count). The van der Waals surface area contributed by atoms with Gasteiger partial charge in [-0.1, -0.05) is 37.8 Å². The van der Waals surface area contributed by atoms with Crippen LogP contribution in [-0.2, 0) is 0 Å². The molecule has 5 nitrogen and oxygen atoms in total. The molecule has 0 spiro atoms. The van der Waals surface area contributed by atoms with Gasteiger partial charge in [0.25, 0.3) is 5.56 Å². The van der Waals surface area contributed by atoms with E-state index in [4.69, 9.17) is 4.74 Å². The van der Waals surface area contributed by atoms with E-state index >= 15 is 0 Å². The first-order valence-electron chi connectivity index (χ1n) is 9.02. The molecule has 3 heterocycles. The Bertz CT molecular complexity index is 1200. The molecule has 3 aromatic rings. The van der Waals surface area contributed by atoms with E-state index in [1.54, 1.807) is 29.2 Å². The normalized spacial score (nSPS) is 23.7. The van der Waals surface area contributed by atoms with Gasteiger partial charge in [-0.05, 0) is 23.8 Å². The van der Waals surface area contributed by atoms with Crippen LogP contribution in [0.15, 0.2) is 54.3 Å². The maximum absolute atomic E-state index is 13.2. The molecule has 0 aliphatic heterocycles. The summed E-state index contributed by atoms with van der Waals surface area (Å²) >= 11 is 1.37. The Morgan fingerprint density at radius 1 is 1.48 bits per heavy atom. The molecule has 1 saturated carbocycles. The van der Waals surface area contributed by atoms with E-state index in [1.165, 1.54) is 11.3 Å². The molecule has 0 saturated heterocycles. The van der Waals surface area contributed by atoms with Crippen LogP contribution in [0.1, 0.15) is 19.8 Å². The van der Waals surface area contributed by atoms with Gasteiger partial charge in [0.2, 0.25) is 0 Å². The summed E-state index contributed by atoms with van der Waals surface area (Å²) in [4.78, 5) is 23.0. The second kappa shape index (κ2) is 5.89. The van der Waals surface area contributed by atoms with E-state index in [-0.39, 0.29) is 11.0 Å². The van der Waals surface area contributed by atoms with Gasteiger partial charge in [-0.2, -0.15) is 0 Å². The highest BCUT2D eigenvalue weighted by Gasteiger charge is 2.47. The van der Waals surface area contributed by atoms with Gasteiger partial charge in [0.15, 0.2) is 0 Å². The predicted octanol–water partition coefficient (Wildman–Crippen LogP) is 4.40. The molecule has 1 fully saturated rings. The van der Waals surface area contributed by atoms with Crippen molar-refractivity contribution in [3.8, 4) is 5.75 Å². The van der Waals surface area contributed by atoms with Gasteiger partial charge in [-0.3, -0.25) is 9.36 Å². The summed E-state index contributed by atoms with van der Waals surface area (Å²) in [7, 11) is 0. The number of hydrogen-bond donors (Lipinski definition) is 0. The monoisotopic (exact) mass is 377 g/mol. The Kier molecular flexibility index (Phi) is 3.59. The van der Waals surface area contributed by atoms with Gasteiger partial charge in [0.1, 0.15) is 33.7 Å². The number of rotatable bonds is 4. The minimum absolute atomic E-state index is 0.0402. The number of fused-ring (bicyclic) bond motifs is 4. The number of aromatic nitrogens is 3. The van der Waals surface area contributed by atoms with Crippen molar-refractivity contribution in [2.75, 3.05) is 6.61 Å². The van der Waals surface area contributed by atoms with E-state index in [0.29, 0.717) is 28.5 Å². The van der Waals surface area contributed by atoms with Crippen LogP contribution in [-0.4, -0.2) is 21.1 Å². The summed E-state index contributed by atoms with van der Waals surface area (Å²) in [6, 6.07) is 1.80. The molecule has 6 heteroatoms. The molecule has 136 valence electrons. The van der Waals surface area contributed by atoms with Crippen LogP contribution in [0.25, 0.3) is 26.1 Å². The third-order valence-electron chi connectivity index (χ3n) is 5.48. The van der Waals surface area contributed by atoms with Crippen molar-refractivity contribution in [1.29, 1.82) is 0 Å². The minimum Gasteiger partial charge on any atom is -0.489 e. The highest BCUT2D eigenvalue weighted by atomic mass is 32.1. The number of nitrogens with zero attached hydrogens (tertiary/aromatic N) is 3. The summed E-state index contributed by atoms with van der Waals surface area (Å²) in [6.45, 7) is 6.35. The summed E-state index contributed by atoms with van der Waals surface area (Å²) in [5, 5.41) is 0.799. The first-order valence-corrected chi connectivity index (χ1v) is 9.84. The maximum atomic E-state index is 13.2. The van der Waals surface area contributed by atoms with Crippen molar-refractivity contribution in [2.24, 2.45) is 11.3 Å². The second-order valence-electron chi connectivity index (χ2n) is 7.37. The molecule has 0 bridgehead atoms. The van der Waals surface area contributed by atoms with Gasteiger partial charge in [-0.15, -0.1) is 11.3 Å². The van der Waals surface area contributed by atoms with Crippen LogP contribution < -0.4 is 10.3 Å². The first-order chi connectivity index (χ1) is 13.1. The third kappa shape index (κ3) is 2.55. The van der Waals surface area contributed by atoms with Gasteiger partial charge in [0, 0.05) is 18.3 Å². The van der Waals surface area contributed by atoms with Crippen molar-refractivity contribution < 1.29 is 4.74 Å². The summed E-state index contributed by atoms with van der Waals surface area (Å²) in [5.74, 6) is 1.19. The fraction of sp³-hybridized carbons (Fsp3) is 0.286. The molecule has 2 aliphatic carbocycles. The standard InChI is InChI=1S/C21H19N3O2S/c1-3-9-26-15-6-8-22-19-16(15)17-18(27-19)20(25)24(12-23-17)14-5-4-7-21(2)11-13(21)10-14/h3-4,6-8,10,12-13H,1,5,9,11H2,2H3. The van der Waals surface area contributed by atoms with Gasteiger partial charge in [0.05, 0.1) is 5.39 Å². The number of allylic oxidation sites excluding steroid dienone is 4. The van der Waals surface area contributed by atoms with E-state index in [2.05, 4.69) is 41.7 Å². The van der Waals surface area contributed by atoms with E-state index in [1.807, 2.05) is 0 Å². The van der Waals surface area contributed by atoms with Crippen LogP contribution in [0.5, 0.6) is 5.75 Å². The Morgan fingerprint density at radius 2 is 2.37 bits per heavy atom. The summed E-state index contributed by atoms with van der Waals surface area (Å²) in [5.41, 5.74) is 1.89. The topological polar surface area (TPSA) is 57.0 Å². The molecule has 2 atom stereocenters. The molecular formula is C21H19N3O2S. The van der Waals surface area contributed by atoms with Gasteiger partial charge >= 0.3 is 0 Å². The van der Waals surface area contributed by atoms with Gasteiger partial charge in [-0.25, -0.2) is 9.97 Å². The van der Waals surface area contributed by atoms with Crippen LogP contribution >= 0.6 is 11.3 Å². The number of ether oxygens (including phenoxy) is 1. The Balaban J connectivity index is 1.67. The lowest BCUT2D eigenvalue weighted by Crippen LogP contribution is -2.19. The highest BCUT2D eigenvalue weighted by molar-refractivity contribution is 7.25. The zero-order valence-corrected chi connectivity index (χ0v) is 15.8. The third-order valence-corrected chi connectivity index (χ3v) is 6.55. The van der Waals surface area contributed by atoms with Crippen molar-refractivity contribution in [3.63, 3.8) is 0 Å². The average Bonchev–Trinajstić information content (AvgIpc) is 3.16. The van der Waals surface area contributed by atoms with Crippen LogP contribution in [0, 0.1) is 11.3 Å². The van der Waals surface area contributed by atoms with Crippen molar-refractivity contribution in [1.82, 2.24) is 14.5 Å². The van der Waals surface area contributed by atoms with E-state index in [0.717, 1.165) is 28.8 Å². The van der Waals surface area contributed by atoms with Crippen LogP contribution in [0.2, 0.25) is 0 Å². The molecule has 0 amide bonds. The van der Waals surface area contributed by atoms with E-state index < -0.39 is 0 Å². The quantitative estimate of drug-likeness (QED) is 0.633. The molecule has 0 aromatic carbocycles. The molecule has 0 radical (unpaired) electrons. The smallest absolute Gasteiger partial charge is 0.275 e. The lowest BCUT2D eigenvalue weighted by Gasteiger charge is -2.08. The predicted molar refractivity (Wildman–Crippen MR) is 109 cm³/mol. The fourth-order valence-electron chi connectivity index (χ4n) is 3.78. The summed E-state index contributed by atoms with van der Waals surface area (Å²) in [6.07, 6.45) is 13.6. The lowest BCUT2D eigenvalue weighted by atomic mass is 10.1. The number of hydrogen-bond acceptors (Lipinski definition) is 5. The van der Waals surface area contributed by atoms with E-state index in [9.17, 15) is 4.79 Å². The SMILES string of the molecule is C=CCOc1ccnc2sc3c(=O)n(C4=CC5CC5(C)C=CC4)cnc3c12. The van der Waals surface area contributed by atoms with Gasteiger partial charge < -0.3 is 4.74 Å². The Hall–Kier alpha value is -2.73. The molecule has 3 aromatic heterocycles. The van der Waals surface area contributed by atoms with Crippen molar-refractivity contribution >= 4 is 37.5 Å². The minimum atomic E-state index is -0.0402. The Labute approximate surface area is 160 Å². The molecule has 27 heavy (non-hydrogen) atoms. The van der Waals surface area contributed by atoms with Crippen LogP contribution in [0.3, 0.4) is 0 Å². The van der Waals surface area contributed by atoms with Crippen molar-refractivity contribution in [3.05, 3.63) is 59.8 Å². The van der Waals surface area contributed by atoms with Crippen molar-refractivity contribution in [2.45, 2.75) is 19.8 Å². The largest absolute Gasteiger partial charge is 0.489 e. The number of pyridine rings is 1. The first kappa shape index (κ1) is 16.4. The Morgan fingerprint density at radius 3 is 3.22 bits per heavy atom. The average molecular weight is 377 g/mol. The second-order valence-corrected chi connectivity index (χ2v) is 8.37. The maximum Gasteiger partial charge on any atom is 0.275 e. The zero-order valence-electron chi connectivity index (χ0n) is 15.0. The molecule has 2 aliphatic rings. The molecule has 0 N–H and O–H groups in total. The number of thiophene rings is 1. The highest BCUT2D eigenvalue weighted by Crippen LogP contribution is 2.56. The zero-order chi connectivity index (χ0) is 18.6. The lowest BCUT2D eigenvalue weighted by molar-refractivity contribution is 0.367. The van der Waals surface area contributed by atoms with Crippen LogP contribution in [0.4, 0.5) is 0 Å². The summed E-state index contributed by atoms with van der Waals surface area (Å²) < 4.78 is 8.05.